The standard InChI is InChI=1S/C16H22N4O2/c1-10-6-12(21)8-13(20(10)5)15(22)17-9-11-7-14(19-18-11)16(2,3)4/h6-8H,9H2,1-5H3,(H,17,22)(H,18,19). The Labute approximate surface area is 129 Å². The molecular weight excluding hydrogens is 280 g/mol. The van der Waals surface area contributed by atoms with E-state index in [1.54, 1.807) is 18.5 Å². The predicted molar refractivity (Wildman–Crippen MR) is 84.9 cm³/mol. The summed E-state index contributed by atoms with van der Waals surface area (Å²) in [4.78, 5) is 23.8. The van der Waals surface area contributed by atoms with E-state index >= 15 is 0 Å². The van der Waals surface area contributed by atoms with Crippen molar-refractivity contribution in [3.8, 4) is 0 Å². The Morgan fingerprint density at radius 1 is 1.32 bits per heavy atom. The molecule has 2 aromatic heterocycles. The van der Waals surface area contributed by atoms with Gasteiger partial charge in [-0.05, 0) is 13.0 Å². The summed E-state index contributed by atoms with van der Waals surface area (Å²) >= 11 is 0. The predicted octanol–water partition coefficient (Wildman–Crippen LogP) is 1.64. The van der Waals surface area contributed by atoms with Crippen LogP contribution < -0.4 is 10.7 Å². The number of hydrogen-bond acceptors (Lipinski definition) is 3. The summed E-state index contributed by atoms with van der Waals surface area (Å²) in [7, 11) is 1.76. The second-order valence-electron chi connectivity index (χ2n) is 6.49. The topological polar surface area (TPSA) is 79.8 Å². The number of aromatic nitrogens is 3. The number of hydrogen-bond donors (Lipinski definition) is 2. The number of carbonyl (C=O) groups is 1. The van der Waals surface area contributed by atoms with Crippen LogP contribution in [0.3, 0.4) is 0 Å². The minimum atomic E-state index is -0.282. The van der Waals surface area contributed by atoms with Crippen molar-refractivity contribution in [3.05, 3.63) is 51.2 Å². The van der Waals surface area contributed by atoms with E-state index in [9.17, 15) is 9.59 Å². The lowest BCUT2D eigenvalue weighted by Gasteiger charge is -2.13. The van der Waals surface area contributed by atoms with Gasteiger partial charge < -0.3 is 9.88 Å². The quantitative estimate of drug-likeness (QED) is 0.904. The Morgan fingerprint density at radius 3 is 2.59 bits per heavy atom. The Bertz CT molecular complexity index is 750. The van der Waals surface area contributed by atoms with Crippen LogP contribution in [-0.2, 0) is 19.0 Å². The minimum absolute atomic E-state index is 0.0425. The van der Waals surface area contributed by atoms with Gasteiger partial charge in [0.25, 0.3) is 5.91 Å². The number of aromatic amines is 1. The van der Waals surface area contributed by atoms with E-state index < -0.39 is 0 Å². The molecule has 2 heterocycles. The largest absolute Gasteiger partial charge is 0.345 e. The molecule has 118 valence electrons. The van der Waals surface area contributed by atoms with Crippen molar-refractivity contribution in [1.82, 2.24) is 20.1 Å². The van der Waals surface area contributed by atoms with Gasteiger partial charge in [0.1, 0.15) is 5.69 Å². The van der Waals surface area contributed by atoms with Crippen LogP contribution in [0.5, 0.6) is 0 Å². The Hall–Kier alpha value is -2.37. The Balaban J connectivity index is 2.11. The average Bonchev–Trinajstić information content (AvgIpc) is 2.89. The first-order valence-corrected chi connectivity index (χ1v) is 7.19. The Kier molecular flexibility index (Phi) is 4.21. The van der Waals surface area contributed by atoms with Gasteiger partial charge in [0, 0.05) is 30.3 Å². The lowest BCUT2D eigenvalue weighted by molar-refractivity contribution is 0.0941. The fourth-order valence-corrected chi connectivity index (χ4v) is 2.09. The maximum absolute atomic E-state index is 12.2. The summed E-state index contributed by atoms with van der Waals surface area (Å²) in [5.41, 5.74) is 2.65. The van der Waals surface area contributed by atoms with E-state index in [-0.39, 0.29) is 16.8 Å². The lowest BCUT2D eigenvalue weighted by atomic mass is 9.92. The number of rotatable bonds is 3. The van der Waals surface area contributed by atoms with Gasteiger partial charge in [0.05, 0.1) is 17.9 Å². The molecular formula is C16H22N4O2. The van der Waals surface area contributed by atoms with E-state index in [4.69, 9.17) is 0 Å². The zero-order valence-corrected chi connectivity index (χ0v) is 13.7. The van der Waals surface area contributed by atoms with Crippen LogP contribution in [0.25, 0.3) is 0 Å². The second kappa shape index (κ2) is 5.79. The van der Waals surface area contributed by atoms with Gasteiger partial charge in [-0.1, -0.05) is 20.8 Å². The summed E-state index contributed by atoms with van der Waals surface area (Å²) in [6, 6.07) is 4.78. The Morgan fingerprint density at radius 2 is 2.00 bits per heavy atom. The third-order valence-corrected chi connectivity index (χ3v) is 3.59. The molecule has 0 unspecified atom stereocenters. The van der Waals surface area contributed by atoms with E-state index in [0.29, 0.717) is 12.2 Å². The number of aryl methyl sites for hydroxylation is 1. The molecule has 0 aromatic carbocycles. The molecule has 0 atom stereocenters. The summed E-state index contributed by atoms with van der Waals surface area (Å²) < 4.78 is 1.70. The van der Waals surface area contributed by atoms with Crippen molar-refractivity contribution < 1.29 is 4.79 Å². The fraction of sp³-hybridized carbons (Fsp3) is 0.438. The molecule has 0 radical (unpaired) electrons. The number of H-pyrrole nitrogens is 1. The monoisotopic (exact) mass is 302 g/mol. The van der Waals surface area contributed by atoms with Gasteiger partial charge in [0.15, 0.2) is 5.43 Å². The number of amides is 1. The van der Waals surface area contributed by atoms with Crippen LogP contribution in [0.15, 0.2) is 23.0 Å². The van der Waals surface area contributed by atoms with Gasteiger partial charge in [-0.25, -0.2) is 0 Å². The SMILES string of the molecule is Cc1cc(=O)cc(C(=O)NCc2cc(C(C)(C)C)n[nH]2)n1C. The van der Waals surface area contributed by atoms with Gasteiger partial charge >= 0.3 is 0 Å². The lowest BCUT2D eigenvalue weighted by Crippen LogP contribution is -2.28. The van der Waals surface area contributed by atoms with Crippen molar-refractivity contribution in [3.63, 3.8) is 0 Å². The molecule has 1 amide bonds. The van der Waals surface area contributed by atoms with E-state index in [2.05, 4.69) is 36.3 Å². The molecule has 0 saturated carbocycles. The molecule has 2 rings (SSSR count). The van der Waals surface area contributed by atoms with Crippen LogP contribution in [-0.4, -0.2) is 20.7 Å². The van der Waals surface area contributed by atoms with Crippen LogP contribution in [0.2, 0.25) is 0 Å². The first-order valence-electron chi connectivity index (χ1n) is 7.19. The highest BCUT2D eigenvalue weighted by molar-refractivity contribution is 5.92. The third-order valence-electron chi connectivity index (χ3n) is 3.59. The molecule has 22 heavy (non-hydrogen) atoms. The van der Waals surface area contributed by atoms with Gasteiger partial charge in [-0.15, -0.1) is 0 Å². The molecule has 2 aromatic rings. The van der Waals surface area contributed by atoms with Crippen molar-refractivity contribution >= 4 is 5.91 Å². The fourth-order valence-electron chi connectivity index (χ4n) is 2.09. The first kappa shape index (κ1) is 16.0. The molecule has 0 aliphatic heterocycles. The third kappa shape index (κ3) is 3.44. The maximum atomic E-state index is 12.2. The molecule has 0 fully saturated rings. The zero-order chi connectivity index (χ0) is 16.5. The van der Waals surface area contributed by atoms with E-state index in [0.717, 1.165) is 17.1 Å². The normalized spacial score (nSPS) is 11.5. The van der Waals surface area contributed by atoms with Gasteiger partial charge in [-0.2, -0.15) is 5.10 Å². The van der Waals surface area contributed by atoms with Gasteiger partial charge in [-0.3, -0.25) is 14.7 Å². The molecule has 6 heteroatoms. The summed E-state index contributed by atoms with van der Waals surface area (Å²) in [6.45, 7) is 8.36. The number of carbonyl (C=O) groups excluding carboxylic acids is 1. The molecule has 0 aliphatic carbocycles. The highest BCUT2D eigenvalue weighted by Gasteiger charge is 2.18. The average molecular weight is 302 g/mol. The summed E-state index contributed by atoms with van der Waals surface area (Å²) in [5.74, 6) is -0.282. The zero-order valence-electron chi connectivity index (χ0n) is 13.7. The summed E-state index contributed by atoms with van der Waals surface area (Å²) in [5, 5.41) is 9.98. The molecule has 2 N–H and O–H groups in total. The maximum Gasteiger partial charge on any atom is 0.268 e. The number of nitrogens with one attached hydrogen (secondary N) is 2. The van der Waals surface area contributed by atoms with Crippen LogP contribution in [0.1, 0.15) is 48.3 Å². The highest BCUT2D eigenvalue weighted by atomic mass is 16.2. The van der Waals surface area contributed by atoms with Crippen molar-refractivity contribution in [2.75, 3.05) is 0 Å². The highest BCUT2D eigenvalue weighted by Crippen LogP contribution is 2.20. The van der Waals surface area contributed by atoms with Crippen LogP contribution >= 0.6 is 0 Å². The van der Waals surface area contributed by atoms with Crippen LogP contribution in [0, 0.1) is 6.92 Å². The number of nitrogens with zero attached hydrogens (tertiary/aromatic N) is 2. The number of pyridine rings is 1. The molecule has 0 aliphatic rings. The van der Waals surface area contributed by atoms with Crippen molar-refractivity contribution in [2.45, 2.75) is 39.7 Å². The van der Waals surface area contributed by atoms with Gasteiger partial charge in [0.2, 0.25) is 0 Å². The minimum Gasteiger partial charge on any atom is -0.345 e. The first-order chi connectivity index (χ1) is 10.2. The molecule has 0 bridgehead atoms. The smallest absolute Gasteiger partial charge is 0.268 e. The van der Waals surface area contributed by atoms with Crippen LogP contribution in [0.4, 0.5) is 0 Å². The van der Waals surface area contributed by atoms with Crippen molar-refractivity contribution in [1.29, 1.82) is 0 Å². The second-order valence-corrected chi connectivity index (χ2v) is 6.49. The van der Waals surface area contributed by atoms with E-state index in [1.807, 2.05) is 6.07 Å². The summed E-state index contributed by atoms with van der Waals surface area (Å²) in [6.07, 6.45) is 0. The molecule has 6 nitrogen and oxygen atoms in total. The van der Waals surface area contributed by atoms with Crippen molar-refractivity contribution in [2.24, 2.45) is 7.05 Å². The van der Waals surface area contributed by atoms with E-state index in [1.165, 1.54) is 12.1 Å². The molecule has 0 spiro atoms. The molecule has 0 saturated heterocycles.